The van der Waals surface area contributed by atoms with Gasteiger partial charge in [-0.05, 0) is 61.4 Å². The molecule has 0 atom stereocenters. The third kappa shape index (κ3) is 3.94. The van der Waals surface area contributed by atoms with E-state index in [0.717, 1.165) is 15.8 Å². The molecule has 0 bridgehead atoms. The van der Waals surface area contributed by atoms with E-state index in [9.17, 15) is 13.2 Å². The number of carbonyl (C=O) groups excluding carboxylic acids is 1. The lowest BCUT2D eigenvalue weighted by Gasteiger charge is -2.18. The van der Waals surface area contributed by atoms with Crippen molar-refractivity contribution in [1.29, 1.82) is 0 Å². The summed E-state index contributed by atoms with van der Waals surface area (Å²) >= 11 is 1.41. The van der Waals surface area contributed by atoms with Crippen molar-refractivity contribution in [1.82, 2.24) is 9.29 Å². The third-order valence-corrected chi connectivity index (χ3v) is 7.68. The summed E-state index contributed by atoms with van der Waals surface area (Å²) in [5.74, 6) is -0.320. The molecule has 0 unspecified atom stereocenters. The van der Waals surface area contributed by atoms with E-state index in [4.69, 9.17) is 0 Å². The van der Waals surface area contributed by atoms with E-state index in [1.54, 1.807) is 13.8 Å². The molecule has 1 amide bonds. The van der Waals surface area contributed by atoms with E-state index in [2.05, 4.69) is 16.4 Å². The first-order valence-electron chi connectivity index (χ1n) is 9.05. The summed E-state index contributed by atoms with van der Waals surface area (Å²) < 4.78 is 27.5. The van der Waals surface area contributed by atoms with Gasteiger partial charge in [-0.1, -0.05) is 25.2 Å². The van der Waals surface area contributed by atoms with Crippen LogP contribution in [0.2, 0.25) is 0 Å². The van der Waals surface area contributed by atoms with Crippen molar-refractivity contribution in [2.75, 3.05) is 18.4 Å². The number of hydrogen-bond donors (Lipinski definition) is 1. The van der Waals surface area contributed by atoms with Crippen molar-refractivity contribution < 1.29 is 13.2 Å². The highest BCUT2D eigenvalue weighted by Crippen LogP contribution is 2.28. The molecule has 1 N–H and O–H groups in total. The number of fused-ring (bicyclic) bond motifs is 1. The molecule has 0 radical (unpaired) electrons. The van der Waals surface area contributed by atoms with Gasteiger partial charge in [0.2, 0.25) is 10.0 Å². The van der Waals surface area contributed by atoms with Crippen molar-refractivity contribution in [3.05, 3.63) is 53.1 Å². The van der Waals surface area contributed by atoms with Crippen LogP contribution in [0.15, 0.2) is 41.3 Å². The van der Waals surface area contributed by atoms with Crippen LogP contribution in [0.25, 0.3) is 10.2 Å². The van der Waals surface area contributed by atoms with Gasteiger partial charge in [-0.15, -0.1) is 0 Å². The molecule has 0 spiro atoms. The Morgan fingerprint density at radius 3 is 2.29 bits per heavy atom. The van der Waals surface area contributed by atoms with Gasteiger partial charge in [-0.3, -0.25) is 10.1 Å². The smallest absolute Gasteiger partial charge is 0.257 e. The van der Waals surface area contributed by atoms with Crippen LogP contribution in [0, 0.1) is 13.8 Å². The number of rotatable bonds is 6. The van der Waals surface area contributed by atoms with Crippen LogP contribution in [-0.2, 0) is 10.0 Å². The molecule has 0 aliphatic rings. The predicted octanol–water partition coefficient (Wildman–Crippen LogP) is 4.20. The molecule has 6 nitrogen and oxygen atoms in total. The molecule has 2 aromatic carbocycles. The molecule has 3 aromatic rings. The number of hydrogen-bond acceptors (Lipinski definition) is 5. The number of aryl methyl sites for hydroxylation is 2. The Morgan fingerprint density at radius 1 is 1.07 bits per heavy atom. The van der Waals surface area contributed by atoms with Gasteiger partial charge in [-0.25, -0.2) is 13.4 Å². The second-order valence-corrected chi connectivity index (χ2v) is 9.46. The number of anilines is 1. The van der Waals surface area contributed by atoms with Crippen LogP contribution < -0.4 is 5.32 Å². The average molecular weight is 418 g/mol. The molecular formula is C20H23N3O3S2. The van der Waals surface area contributed by atoms with E-state index in [0.29, 0.717) is 23.8 Å². The molecule has 1 aromatic heterocycles. The summed E-state index contributed by atoms with van der Waals surface area (Å²) in [6, 6.07) is 10.0. The minimum Gasteiger partial charge on any atom is -0.298 e. The zero-order valence-electron chi connectivity index (χ0n) is 16.3. The molecule has 148 valence electrons. The second kappa shape index (κ2) is 7.98. The van der Waals surface area contributed by atoms with Crippen LogP contribution in [0.4, 0.5) is 5.13 Å². The van der Waals surface area contributed by atoms with Gasteiger partial charge in [0.05, 0.1) is 15.1 Å². The number of nitrogens with zero attached hydrogens (tertiary/aromatic N) is 2. The Hall–Kier alpha value is -2.29. The van der Waals surface area contributed by atoms with Crippen molar-refractivity contribution in [3.8, 4) is 0 Å². The number of aromatic nitrogens is 1. The highest BCUT2D eigenvalue weighted by atomic mass is 32.2. The quantitative estimate of drug-likeness (QED) is 0.652. The van der Waals surface area contributed by atoms with Crippen LogP contribution in [-0.4, -0.2) is 36.7 Å². The van der Waals surface area contributed by atoms with E-state index in [-0.39, 0.29) is 10.8 Å². The van der Waals surface area contributed by atoms with Gasteiger partial charge in [0, 0.05) is 18.7 Å². The summed E-state index contributed by atoms with van der Waals surface area (Å²) in [5.41, 5.74) is 3.56. The zero-order chi connectivity index (χ0) is 20.5. The summed E-state index contributed by atoms with van der Waals surface area (Å²) in [6.07, 6.45) is 0. The van der Waals surface area contributed by atoms with Crippen molar-refractivity contribution in [2.24, 2.45) is 0 Å². The molecule has 3 rings (SSSR count). The number of amides is 1. The van der Waals surface area contributed by atoms with E-state index in [1.807, 2.05) is 19.9 Å². The molecule has 0 saturated carbocycles. The first-order chi connectivity index (χ1) is 13.3. The molecule has 8 heteroatoms. The van der Waals surface area contributed by atoms with Crippen LogP contribution in [0.1, 0.15) is 35.3 Å². The number of nitrogens with one attached hydrogen (secondary N) is 1. The van der Waals surface area contributed by atoms with Gasteiger partial charge in [-0.2, -0.15) is 4.31 Å². The number of benzene rings is 2. The van der Waals surface area contributed by atoms with Gasteiger partial charge in [0.15, 0.2) is 5.13 Å². The molecular weight excluding hydrogens is 394 g/mol. The summed E-state index contributed by atoms with van der Waals surface area (Å²) in [6.45, 7) is 8.46. The largest absolute Gasteiger partial charge is 0.298 e. The second-order valence-electron chi connectivity index (χ2n) is 6.49. The first-order valence-corrected chi connectivity index (χ1v) is 11.3. The molecule has 0 aliphatic carbocycles. The Kier molecular flexibility index (Phi) is 5.83. The average Bonchev–Trinajstić information content (AvgIpc) is 3.03. The zero-order valence-corrected chi connectivity index (χ0v) is 17.9. The lowest BCUT2D eigenvalue weighted by Crippen LogP contribution is -2.30. The first kappa shape index (κ1) is 20.4. The van der Waals surface area contributed by atoms with Crippen LogP contribution in [0.3, 0.4) is 0 Å². The van der Waals surface area contributed by atoms with Crippen molar-refractivity contribution >= 4 is 42.6 Å². The summed E-state index contributed by atoms with van der Waals surface area (Å²) in [7, 11) is -3.54. The van der Waals surface area contributed by atoms with E-state index in [1.165, 1.54) is 45.5 Å². The standard InChI is InChI=1S/C20H23N3O3S2/c1-5-23(6-2)28(25,26)16-9-7-15(8-10-16)19(24)22-20-21-17-11-13(3)14(4)12-18(17)27-20/h7-12H,5-6H2,1-4H3,(H,21,22,24). The Morgan fingerprint density at radius 2 is 1.68 bits per heavy atom. The Labute approximate surface area is 169 Å². The van der Waals surface area contributed by atoms with Crippen molar-refractivity contribution in [2.45, 2.75) is 32.6 Å². The molecule has 0 saturated heterocycles. The van der Waals surface area contributed by atoms with Gasteiger partial charge in [0.25, 0.3) is 5.91 Å². The summed E-state index contributed by atoms with van der Waals surface area (Å²) in [4.78, 5) is 17.2. The minimum atomic E-state index is -3.54. The van der Waals surface area contributed by atoms with E-state index >= 15 is 0 Å². The number of sulfonamides is 1. The van der Waals surface area contributed by atoms with Gasteiger partial charge >= 0.3 is 0 Å². The number of thiazole rings is 1. The van der Waals surface area contributed by atoms with Crippen molar-refractivity contribution in [3.63, 3.8) is 0 Å². The lowest BCUT2D eigenvalue weighted by atomic mass is 10.1. The molecule has 0 fully saturated rings. The van der Waals surface area contributed by atoms with Gasteiger partial charge < -0.3 is 0 Å². The number of carbonyl (C=O) groups is 1. The third-order valence-electron chi connectivity index (χ3n) is 4.68. The Bertz CT molecular complexity index is 1080. The summed E-state index contributed by atoms with van der Waals surface area (Å²) in [5, 5.41) is 3.32. The predicted molar refractivity (Wildman–Crippen MR) is 114 cm³/mol. The lowest BCUT2D eigenvalue weighted by molar-refractivity contribution is 0.102. The normalized spacial score (nSPS) is 11.9. The highest BCUT2D eigenvalue weighted by Gasteiger charge is 2.21. The molecule has 0 aliphatic heterocycles. The molecule has 1 heterocycles. The minimum absolute atomic E-state index is 0.179. The van der Waals surface area contributed by atoms with Crippen LogP contribution in [0.5, 0.6) is 0 Å². The Balaban J connectivity index is 1.80. The fourth-order valence-electron chi connectivity index (χ4n) is 2.89. The highest BCUT2D eigenvalue weighted by molar-refractivity contribution is 7.89. The maximum atomic E-state index is 12.5. The van der Waals surface area contributed by atoms with Crippen LogP contribution >= 0.6 is 11.3 Å². The molecule has 28 heavy (non-hydrogen) atoms. The van der Waals surface area contributed by atoms with E-state index < -0.39 is 10.0 Å². The topological polar surface area (TPSA) is 79.4 Å². The fourth-order valence-corrected chi connectivity index (χ4v) is 5.29. The maximum Gasteiger partial charge on any atom is 0.257 e. The fraction of sp³-hybridized carbons (Fsp3) is 0.300. The SMILES string of the molecule is CCN(CC)S(=O)(=O)c1ccc(C(=O)Nc2nc3cc(C)c(C)cc3s2)cc1. The monoisotopic (exact) mass is 417 g/mol. The van der Waals surface area contributed by atoms with Gasteiger partial charge in [0.1, 0.15) is 0 Å². The maximum absolute atomic E-state index is 12.5.